The number of nitrogens with zero attached hydrogens (tertiary/aromatic N) is 3. The number of fused-ring (bicyclic) bond motifs is 2. The van der Waals surface area contributed by atoms with E-state index in [2.05, 4.69) is 75.9 Å². The van der Waals surface area contributed by atoms with Crippen molar-refractivity contribution >= 4 is 33.3 Å². The van der Waals surface area contributed by atoms with E-state index in [0.717, 1.165) is 48.5 Å². The normalized spacial score (nSPS) is 15.2. The molecule has 4 nitrogen and oxygen atoms in total. The molecular formula is C25H22N4S. The van der Waals surface area contributed by atoms with Gasteiger partial charge < -0.3 is 9.88 Å². The van der Waals surface area contributed by atoms with E-state index in [1.807, 2.05) is 6.20 Å². The van der Waals surface area contributed by atoms with Crippen LogP contribution in [0.4, 0.5) is 0 Å². The zero-order valence-electron chi connectivity index (χ0n) is 16.6. The highest BCUT2D eigenvalue weighted by atomic mass is 32.1. The number of thiophene rings is 1. The summed E-state index contributed by atoms with van der Waals surface area (Å²) in [5.74, 6) is 1.05. The Kier molecular flexibility index (Phi) is 4.36. The first-order valence-corrected chi connectivity index (χ1v) is 11.4. The van der Waals surface area contributed by atoms with E-state index in [-0.39, 0.29) is 0 Å². The molecule has 0 spiro atoms. The van der Waals surface area contributed by atoms with Crippen LogP contribution in [0.25, 0.3) is 43.8 Å². The van der Waals surface area contributed by atoms with Crippen LogP contribution in [0.1, 0.15) is 18.9 Å². The van der Waals surface area contributed by atoms with E-state index in [1.165, 1.54) is 21.2 Å². The van der Waals surface area contributed by atoms with Crippen LogP contribution in [-0.2, 0) is 0 Å². The quantitative estimate of drug-likeness (QED) is 0.402. The van der Waals surface area contributed by atoms with Crippen LogP contribution < -0.4 is 5.32 Å². The van der Waals surface area contributed by atoms with E-state index in [4.69, 9.17) is 9.97 Å². The predicted molar refractivity (Wildman–Crippen MR) is 125 cm³/mol. The molecule has 148 valence electrons. The fourth-order valence-corrected chi connectivity index (χ4v) is 5.21. The minimum absolute atomic E-state index is 0.437. The summed E-state index contributed by atoms with van der Waals surface area (Å²) in [6.07, 6.45) is 4.22. The summed E-state index contributed by atoms with van der Waals surface area (Å²) in [7, 11) is 0. The highest BCUT2D eigenvalue weighted by Crippen LogP contribution is 2.35. The number of nitrogens with one attached hydrogen (secondary N) is 1. The van der Waals surface area contributed by atoms with Gasteiger partial charge in [0.25, 0.3) is 0 Å². The second-order valence-electron chi connectivity index (χ2n) is 7.89. The Labute approximate surface area is 179 Å². The highest BCUT2D eigenvalue weighted by molar-refractivity contribution is 7.13. The van der Waals surface area contributed by atoms with Gasteiger partial charge >= 0.3 is 0 Å². The third kappa shape index (κ3) is 3.02. The Morgan fingerprint density at radius 3 is 2.60 bits per heavy atom. The van der Waals surface area contributed by atoms with Gasteiger partial charge in [-0.15, -0.1) is 11.3 Å². The Bertz CT molecular complexity index is 1330. The highest BCUT2D eigenvalue weighted by Gasteiger charge is 2.23. The number of piperidine rings is 1. The van der Waals surface area contributed by atoms with Gasteiger partial charge in [-0.1, -0.05) is 42.5 Å². The number of pyridine rings is 1. The van der Waals surface area contributed by atoms with E-state index >= 15 is 0 Å². The number of imidazole rings is 1. The van der Waals surface area contributed by atoms with E-state index in [9.17, 15) is 0 Å². The summed E-state index contributed by atoms with van der Waals surface area (Å²) in [6.45, 7) is 2.09. The predicted octanol–water partition coefficient (Wildman–Crippen LogP) is 5.90. The van der Waals surface area contributed by atoms with Gasteiger partial charge in [0.2, 0.25) is 0 Å². The lowest BCUT2D eigenvalue weighted by atomic mass is 10.0. The number of hydrogen-bond acceptors (Lipinski definition) is 4. The minimum atomic E-state index is 0.437. The number of benzene rings is 2. The minimum Gasteiger partial charge on any atom is -0.317 e. The lowest BCUT2D eigenvalue weighted by Crippen LogP contribution is -2.29. The molecule has 3 aromatic heterocycles. The van der Waals surface area contributed by atoms with Crippen molar-refractivity contribution in [1.29, 1.82) is 0 Å². The van der Waals surface area contributed by atoms with Gasteiger partial charge in [0.15, 0.2) is 11.5 Å². The van der Waals surface area contributed by atoms with Gasteiger partial charge in [0.1, 0.15) is 5.52 Å². The molecule has 1 saturated heterocycles. The van der Waals surface area contributed by atoms with Gasteiger partial charge in [-0.05, 0) is 65.8 Å². The van der Waals surface area contributed by atoms with Gasteiger partial charge in [-0.3, -0.25) is 0 Å². The van der Waals surface area contributed by atoms with Crippen LogP contribution in [0.3, 0.4) is 0 Å². The van der Waals surface area contributed by atoms with Crippen LogP contribution in [0.2, 0.25) is 0 Å². The first-order chi connectivity index (χ1) is 14.9. The molecule has 6 rings (SSSR count). The molecule has 0 bridgehead atoms. The molecule has 0 atom stereocenters. The van der Waals surface area contributed by atoms with E-state index < -0.39 is 0 Å². The molecule has 4 heterocycles. The largest absolute Gasteiger partial charge is 0.317 e. The molecular weight excluding hydrogens is 388 g/mol. The molecule has 0 unspecified atom stereocenters. The summed E-state index contributed by atoms with van der Waals surface area (Å²) in [4.78, 5) is 11.2. The summed E-state index contributed by atoms with van der Waals surface area (Å²) in [5.41, 5.74) is 4.26. The summed E-state index contributed by atoms with van der Waals surface area (Å²) < 4.78 is 2.38. The van der Waals surface area contributed by atoms with Crippen molar-refractivity contribution in [3.8, 4) is 21.8 Å². The van der Waals surface area contributed by atoms with E-state index in [0.29, 0.717) is 6.04 Å². The van der Waals surface area contributed by atoms with Crippen molar-refractivity contribution in [1.82, 2.24) is 19.9 Å². The van der Waals surface area contributed by atoms with Crippen molar-refractivity contribution < 1.29 is 0 Å². The van der Waals surface area contributed by atoms with Crippen molar-refractivity contribution in [3.05, 3.63) is 72.2 Å². The van der Waals surface area contributed by atoms with Gasteiger partial charge in [-0.2, -0.15) is 0 Å². The third-order valence-electron chi connectivity index (χ3n) is 6.03. The second kappa shape index (κ2) is 7.35. The van der Waals surface area contributed by atoms with Crippen LogP contribution in [0.15, 0.2) is 72.2 Å². The number of hydrogen-bond donors (Lipinski definition) is 1. The fourth-order valence-electron chi connectivity index (χ4n) is 4.50. The zero-order valence-corrected chi connectivity index (χ0v) is 17.4. The molecule has 0 aliphatic carbocycles. The SMILES string of the molecule is c1csc(-c2nc3cc(-c4ccc5ccccc5c4)cnc3n2C2CCNCC2)c1. The average Bonchev–Trinajstić information content (AvgIpc) is 3.46. The van der Waals surface area contributed by atoms with E-state index in [1.54, 1.807) is 11.3 Å². The first-order valence-electron chi connectivity index (χ1n) is 10.5. The lowest BCUT2D eigenvalue weighted by molar-refractivity contribution is 0.376. The zero-order chi connectivity index (χ0) is 19.9. The molecule has 1 aliphatic rings. The second-order valence-corrected chi connectivity index (χ2v) is 8.84. The Morgan fingerprint density at radius 2 is 1.77 bits per heavy atom. The third-order valence-corrected chi connectivity index (χ3v) is 6.89. The van der Waals surface area contributed by atoms with Crippen LogP contribution in [0.5, 0.6) is 0 Å². The maximum atomic E-state index is 5.07. The molecule has 1 N–H and O–H groups in total. The van der Waals surface area contributed by atoms with Crippen molar-refractivity contribution in [3.63, 3.8) is 0 Å². The number of aromatic nitrogens is 3. The molecule has 1 fully saturated rings. The van der Waals surface area contributed by atoms with Crippen molar-refractivity contribution in [2.24, 2.45) is 0 Å². The fraction of sp³-hybridized carbons (Fsp3) is 0.200. The standard InChI is InChI=1S/C25H22N4S/c1-2-5-18-14-19(8-7-17(18)4-1)20-15-22-24(27-16-20)29(21-9-11-26-12-10-21)25(28-22)23-6-3-13-30-23/h1-8,13-16,21,26H,9-12H2. The van der Waals surface area contributed by atoms with Gasteiger partial charge in [-0.25, -0.2) is 9.97 Å². The molecule has 5 aromatic rings. The van der Waals surface area contributed by atoms with Gasteiger partial charge in [0, 0.05) is 17.8 Å². The molecule has 30 heavy (non-hydrogen) atoms. The average molecular weight is 411 g/mol. The molecule has 0 saturated carbocycles. The van der Waals surface area contributed by atoms with Gasteiger partial charge in [0.05, 0.1) is 4.88 Å². The topological polar surface area (TPSA) is 42.7 Å². The summed E-state index contributed by atoms with van der Waals surface area (Å²) in [5, 5.41) is 8.09. The Morgan fingerprint density at radius 1 is 0.900 bits per heavy atom. The lowest BCUT2D eigenvalue weighted by Gasteiger charge is -2.25. The van der Waals surface area contributed by atoms with Crippen molar-refractivity contribution in [2.45, 2.75) is 18.9 Å². The first kappa shape index (κ1) is 17.8. The molecule has 0 radical (unpaired) electrons. The van der Waals surface area contributed by atoms with Crippen LogP contribution in [-0.4, -0.2) is 27.6 Å². The smallest absolute Gasteiger partial charge is 0.160 e. The summed E-state index contributed by atoms with van der Waals surface area (Å²) >= 11 is 1.74. The van der Waals surface area contributed by atoms with Crippen LogP contribution >= 0.6 is 11.3 Å². The monoisotopic (exact) mass is 410 g/mol. The Balaban J connectivity index is 1.50. The summed E-state index contributed by atoms with van der Waals surface area (Å²) in [6, 6.07) is 22.0. The molecule has 5 heteroatoms. The Hall–Kier alpha value is -3.02. The van der Waals surface area contributed by atoms with Crippen molar-refractivity contribution in [2.75, 3.05) is 13.1 Å². The van der Waals surface area contributed by atoms with Crippen LogP contribution in [0, 0.1) is 0 Å². The molecule has 1 aliphatic heterocycles. The molecule has 2 aromatic carbocycles. The number of rotatable bonds is 3. The molecule has 0 amide bonds. The maximum absolute atomic E-state index is 5.07. The maximum Gasteiger partial charge on any atom is 0.160 e.